The SMILES string of the molecule is CCc1nnc(NCC(C)(O)c2ccc(F)cc2F)nc1CC. The van der Waals surface area contributed by atoms with Gasteiger partial charge in [-0.05, 0) is 25.8 Å². The average molecular weight is 322 g/mol. The van der Waals surface area contributed by atoms with Gasteiger partial charge < -0.3 is 10.4 Å². The fourth-order valence-corrected chi connectivity index (χ4v) is 2.29. The Morgan fingerprint density at radius 2 is 1.83 bits per heavy atom. The molecule has 2 aromatic rings. The molecule has 0 fully saturated rings. The molecular weight excluding hydrogens is 302 g/mol. The number of hydrogen-bond donors (Lipinski definition) is 2. The monoisotopic (exact) mass is 322 g/mol. The molecule has 1 unspecified atom stereocenters. The van der Waals surface area contributed by atoms with Crippen LogP contribution in [-0.2, 0) is 18.4 Å². The van der Waals surface area contributed by atoms with E-state index in [4.69, 9.17) is 0 Å². The first kappa shape index (κ1) is 17.2. The summed E-state index contributed by atoms with van der Waals surface area (Å²) < 4.78 is 26.8. The molecule has 0 saturated heterocycles. The Hall–Kier alpha value is -2.15. The van der Waals surface area contributed by atoms with Crippen LogP contribution in [0.2, 0.25) is 0 Å². The quantitative estimate of drug-likeness (QED) is 0.855. The van der Waals surface area contributed by atoms with Gasteiger partial charge >= 0.3 is 0 Å². The predicted octanol–water partition coefficient (Wildman–Crippen LogP) is 2.59. The minimum atomic E-state index is -1.54. The van der Waals surface area contributed by atoms with E-state index >= 15 is 0 Å². The molecule has 1 aromatic carbocycles. The number of nitrogens with zero attached hydrogens (tertiary/aromatic N) is 3. The minimum Gasteiger partial charge on any atom is -0.383 e. The van der Waals surface area contributed by atoms with Crippen molar-refractivity contribution in [2.24, 2.45) is 0 Å². The highest BCUT2D eigenvalue weighted by molar-refractivity contribution is 5.30. The number of aryl methyl sites for hydroxylation is 2. The largest absolute Gasteiger partial charge is 0.383 e. The van der Waals surface area contributed by atoms with Crippen molar-refractivity contribution in [3.63, 3.8) is 0 Å². The van der Waals surface area contributed by atoms with Crippen LogP contribution in [0, 0.1) is 11.6 Å². The smallest absolute Gasteiger partial charge is 0.243 e. The van der Waals surface area contributed by atoms with Crippen LogP contribution in [-0.4, -0.2) is 26.8 Å². The van der Waals surface area contributed by atoms with Crippen molar-refractivity contribution in [3.05, 3.63) is 46.8 Å². The zero-order chi connectivity index (χ0) is 17.0. The molecule has 2 rings (SSSR count). The highest BCUT2D eigenvalue weighted by Gasteiger charge is 2.27. The van der Waals surface area contributed by atoms with Crippen LogP contribution in [0.5, 0.6) is 0 Å². The van der Waals surface area contributed by atoms with Gasteiger partial charge in [-0.15, -0.1) is 5.10 Å². The summed E-state index contributed by atoms with van der Waals surface area (Å²) in [5.74, 6) is -1.22. The van der Waals surface area contributed by atoms with E-state index in [1.165, 1.54) is 13.0 Å². The topological polar surface area (TPSA) is 70.9 Å². The van der Waals surface area contributed by atoms with Crippen molar-refractivity contribution in [1.29, 1.82) is 0 Å². The van der Waals surface area contributed by atoms with Crippen LogP contribution in [0.15, 0.2) is 18.2 Å². The third-order valence-electron chi connectivity index (χ3n) is 3.61. The summed E-state index contributed by atoms with van der Waals surface area (Å²) in [6.07, 6.45) is 1.46. The van der Waals surface area contributed by atoms with Crippen molar-refractivity contribution in [3.8, 4) is 0 Å². The van der Waals surface area contributed by atoms with Crippen LogP contribution in [0.1, 0.15) is 37.7 Å². The van der Waals surface area contributed by atoms with E-state index in [9.17, 15) is 13.9 Å². The Morgan fingerprint density at radius 1 is 1.13 bits per heavy atom. The van der Waals surface area contributed by atoms with Gasteiger partial charge in [-0.2, -0.15) is 5.10 Å². The molecule has 0 spiro atoms. The van der Waals surface area contributed by atoms with E-state index in [-0.39, 0.29) is 18.1 Å². The molecule has 0 bridgehead atoms. The van der Waals surface area contributed by atoms with Crippen molar-refractivity contribution >= 4 is 5.95 Å². The summed E-state index contributed by atoms with van der Waals surface area (Å²) in [5.41, 5.74) is 0.115. The van der Waals surface area contributed by atoms with Crippen molar-refractivity contribution < 1.29 is 13.9 Å². The molecule has 0 aliphatic rings. The predicted molar refractivity (Wildman–Crippen MR) is 83.0 cm³/mol. The van der Waals surface area contributed by atoms with Crippen LogP contribution >= 0.6 is 0 Å². The van der Waals surface area contributed by atoms with Crippen LogP contribution in [0.25, 0.3) is 0 Å². The Kier molecular flexibility index (Phi) is 5.20. The Bertz CT molecular complexity index is 692. The molecule has 124 valence electrons. The molecule has 0 aliphatic carbocycles. The molecule has 7 heteroatoms. The number of halogens is 2. The molecule has 1 aromatic heterocycles. The van der Waals surface area contributed by atoms with Gasteiger partial charge in [-0.3, -0.25) is 0 Å². The van der Waals surface area contributed by atoms with Gasteiger partial charge in [0.2, 0.25) is 5.95 Å². The Balaban J connectivity index is 2.15. The van der Waals surface area contributed by atoms with Crippen LogP contribution < -0.4 is 5.32 Å². The first-order valence-corrected chi connectivity index (χ1v) is 7.51. The number of aliphatic hydroxyl groups is 1. The zero-order valence-electron chi connectivity index (χ0n) is 13.4. The lowest BCUT2D eigenvalue weighted by Gasteiger charge is -2.24. The van der Waals surface area contributed by atoms with E-state index in [1.807, 2.05) is 13.8 Å². The van der Waals surface area contributed by atoms with Gasteiger partial charge in [0.05, 0.1) is 17.9 Å². The van der Waals surface area contributed by atoms with Crippen molar-refractivity contribution in [2.45, 2.75) is 39.2 Å². The lowest BCUT2D eigenvalue weighted by molar-refractivity contribution is 0.0672. The maximum Gasteiger partial charge on any atom is 0.243 e. The fraction of sp³-hybridized carbons (Fsp3) is 0.438. The van der Waals surface area contributed by atoms with Gasteiger partial charge in [0, 0.05) is 11.6 Å². The van der Waals surface area contributed by atoms with Gasteiger partial charge in [-0.25, -0.2) is 13.8 Å². The lowest BCUT2D eigenvalue weighted by Crippen LogP contribution is -2.32. The first-order chi connectivity index (χ1) is 10.9. The van der Waals surface area contributed by atoms with Gasteiger partial charge in [0.15, 0.2) is 0 Å². The standard InChI is InChI=1S/C16H20F2N4O/c1-4-13-14(5-2)21-22-15(20-13)19-9-16(3,23)11-7-6-10(17)8-12(11)18/h6-8,23H,4-5,9H2,1-3H3,(H,19,20,22). The third kappa shape index (κ3) is 3.98. The molecule has 0 radical (unpaired) electrons. The number of benzene rings is 1. The second kappa shape index (κ2) is 6.95. The Labute approximate surface area is 133 Å². The second-order valence-corrected chi connectivity index (χ2v) is 5.49. The normalized spacial score (nSPS) is 13.7. The molecule has 0 amide bonds. The maximum absolute atomic E-state index is 13.8. The van der Waals surface area contributed by atoms with Crippen molar-refractivity contribution in [1.82, 2.24) is 15.2 Å². The van der Waals surface area contributed by atoms with Gasteiger partial charge in [0.1, 0.15) is 17.2 Å². The minimum absolute atomic E-state index is 0.000234. The van der Waals surface area contributed by atoms with Gasteiger partial charge in [0.25, 0.3) is 0 Å². The molecule has 1 heterocycles. The average Bonchev–Trinajstić information content (AvgIpc) is 2.52. The van der Waals surface area contributed by atoms with E-state index in [1.54, 1.807) is 0 Å². The summed E-state index contributed by atoms with van der Waals surface area (Å²) in [7, 11) is 0. The molecule has 0 aliphatic heterocycles. The van der Waals surface area contributed by atoms with E-state index in [0.717, 1.165) is 36.4 Å². The number of aromatic nitrogens is 3. The molecule has 23 heavy (non-hydrogen) atoms. The zero-order valence-corrected chi connectivity index (χ0v) is 13.4. The number of hydrogen-bond acceptors (Lipinski definition) is 5. The lowest BCUT2D eigenvalue weighted by atomic mass is 9.95. The van der Waals surface area contributed by atoms with Gasteiger partial charge in [-0.1, -0.05) is 19.9 Å². The Morgan fingerprint density at radius 3 is 2.43 bits per heavy atom. The second-order valence-electron chi connectivity index (χ2n) is 5.49. The van der Waals surface area contributed by atoms with Crippen molar-refractivity contribution in [2.75, 3.05) is 11.9 Å². The molecule has 2 N–H and O–H groups in total. The van der Waals surface area contributed by atoms with Crippen LogP contribution in [0.4, 0.5) is 14.7 Å². The molecule has 1 atom stereocenters. The highest BCUT2D eigenvalue weighted by atomic mass is 19.1. The maximum atomic E-state index is 13.8. The summed E-state index contributed by atoms with van der Waals surface area (Å²) in [6, 6.07) is 3.08. The first-order valence-electron chi connectivity index (χ1n) is 7.51. The summed E-state index contributed by atoms with van der Waals surface area (Å²) in [5, 5.41) is 21.3. The number of rotatable bonds is 6. The molecule has 0 saturated carbocycles. The number of nitrogens with one attached hydrogen (secondary N) is 1. The number of anilines is 1. The molecule has 5 nitrogen and oxygen atoms in total. The molecular formula is C16H20F2N4O. The van der Waals surface area contributed by atoms with E-state index < -0.39 is 17.2 Å². The third-order valence-corrected chi connectivity index (χ3v) is 3.61. The summed E-state index contributed by atoms with van der Waals surface area (Å²) in [6.45, 7) is 5.34. The summed E-state index contributed by atoms with van der Waals surface area (Å²) >= 11 is 0. The van der Waals surface area contributed by atoms with E-state index in [2.05, 4.69) is 20.5 Å². The highest BCUT2D eigenvalue weighted by Crippen LogP contribution is 2.24. The summed E-state index contributed by atoms with van der Waals surface area (Å²) in [4.78, 5) is 4.35. The van der Waals surface area contributed by atoms with Crippen LogP contribution in [0.3, 0.4) is 0 Å². The fourth-order valence-electron chi connectivity index (χ4n) is 2.29. The van der Waals surface area contributed by atoms with E-state index in [0.29, 0.717) is 0 Å².